The number of hydrogen-bond acceptors (Lipinski definition) is 1. The van der Waals surface area contributed by atoms with Gasteiger partial charge in [-0.15, -0.1) is 0 Å². The maximum Gasteiger partial charge on any atom is 0.136 e. The molecule has 0 unspecified atom stereocenters. The maximum absolute atomic E-state index is 11.1. The lowest BCUT2D eigenvalue weighted by atomic mass is 9.93. The Kier molecular flexibility index (Phi) is 3.55. The molecule has 1 aromatic carbocycles. The third-order valence-corrected chi connectivity index (χ3v) is 3.21. The predicted molar refractivity (Wildman–Crippen MR) is 66.5 cm³/mol. The number of carbonyl (C=O) groups excluding carboxylic acids is 1. The monoisotopic (exact) mass is 214 g/mol. The molecule has 2 rings (SSSR count). The van der Waals surface area contributed by atoms with Crippen LogP contribution >= 0.6 is 0 Å². The molecule has 1 nitrogen and oxygen atoms in total. The summed E-state index contributed by atoms with van der Waals surface area (Å²) in [5, 5.41) is 0. The fourth-order valence-electron chi connectivity index (χ4n) is 2.08. The highest BCUT2D eigenvalue weighted by Gasteiger charge is 2.10. The summed E-state index contributed by atoms with van der Waals surface area (Å²) in [5.41, 5.74) is 4.16. The van der Waals surface area contributed by atoms with Gasteiger partial charge in [0.25, 0.3) is 0 Å². The van der Waals surface area contributed by atoms with Gasteiger partial charge in [0.1, 0.15) is 5.78 Å². The van der Waals surface area contributed by atoms with Crippen LogP contribution in [0, 0.1) is 0 Å². The van der Waals surface area contributed by atoms with Gasteiger partial charge in [0.2, 0.25) is 0 Å². The van der Waals surface area contributed by atoms with Crippen LogP contribution in [0.3, 0.4) is 0 Å². The first-order valence-electron chi connectivity index (χ1n) is 6.05. The molecule has 0 spiro atoms. The second-order valence-corrected chi connectivity index (χ2v) is 4.45. The Balaban J connectivity index is 2.01. The zero-order chi connectivity index (χ0) is 11.4. The third-order valence-electron chi connectivity index (χ3n) is 3.21. The van der Waals surface area contributed by atoms with Crippen LogP contribution in [0.15, 0.2) is 35.9 Å². The van der Waals surface area contributed by atoms with Crippen LogP contribution in [0.4, 0.5) is 0 Å². The average molecular weight is 214 g/mol. The number of benzene rings is 1. The van der Waals surface area contributed by atoms with Crippen LogP contribution in [0.1, 0.15) is 37.3 Å². The largest absolute Gasteiger partial charge is 0.299 e. The Morgan fingerprint density at radius 1 is 1.06 bits per heavy atom. The highest BCUT2D eigenvalue weighted by molar-refractivity contribution is 5.81. The first kappa shape index (κ1) is 11.1. The highest BCUT2D eigenvalue weighted by atomic mass is 16.1. The van der Waals surface area contributed by atoms with E-state index in [0.29, 0.717) is 12.2 Å². The van der Waals surface area contributed by atoms with Crippen molar-refractivity contribution in [2.24, 2.45) is 0 Å². The Morgan fingerprint density at radius 3 is 2.31 bits per heavy atom. The van der Waals surface area contributed by atoms with Gasteiger partial charge in [-0.05, 0) is 30.4 Å². The molecular weight excluding hydrogens is 196 g/mol. The first-order chi connectivity index (χ1) is 7.78. The molecule has 1 aliphatic rings. The van der Waals surface area contributed by atoms with Crippen LogP contribution in [0.2, 0.25) is 0 Å². The Morgan fingerprint density at radius 2 is 1.75 bits per heavy atom. The number of Topliss-reactive ketones (excluding diaryl/α,β-unsaturated/α-hetero) is 1. The van der Waals surface area contributed by atoms with Gasteiger partial charge in [-0.2, -0.15) is 0 Å². The molecule has 0 saturated heterocycles. The van der Waals surface area contributed by atoms with E-state index >= 15 is 0 Å². The van der Waals surface area contributed by atoms with E-state index in [-0.39, 0.29) is 0 Å². The predicted octanol–water partition coefficient (Wildman–Crippen LogP) is 3.47. The van der Waals surface area contributed by atoms with Crippen molar-refractivity contribution in [3.8, 4) is 0 Å². The third kappa shape index (κ3) is 2.82. The molecule has 0 atom stereocenters. The van der Waals surface area contributed by atoms with Gasteiger partial charge in [-0.25, -0.2) is 0 Å². The maximum atomic E-state index is 11.1. The van der Waals surface area contributed by atoms with Crippen molar-refractivity contribution < 1.29 is 4.79 Å². The number of ketones is 1. The summed E-state index contributed by atoms with van der Waals surface area (Å²) in [6.45, 7) is 2.17. The molecule has 0 N–H and O–H groups in total. The Labute approximate surface area is 97.2 Å². The van der Waals surface area contributed by atoms with Gasteiger partial charge >= 0.3 is 0 Å². The van der Waals surface area contributed by atoms with Crippen molar-refractivity contribution >= 4 is 5.78 Å². The molecular formula is C15H18O. The number of rotatable bonds is 3. The van der Waals surface area contributed by atoms with Crippen LogP contribution in [-0.2, 0) is 17.6 Å². The van der Waals surface area contributed by atoms with Crippen LogP contribution in [0.5, 0.6) is 0 Å². The summed E-state index contributed by atoms with van der Waals surface area (Å²) in [7, 11) is 0. The fraction of sp³-hybridized carbons (Fsp3) is 0.400. The average Bonchev–Trinajstić information content (AvgIpc) is 2.33. The van der Waals surface area contributed by atoms with Crippen LogP contribution < -0.4 is 0 Å². The van der Waals surface area contributed by atoms with Crippen molar-refractivity contribution in [1.29, 1.82) is 0 Å². The molecule has 0 heterocycles. The minimum Gasteiger partial charge on any atom is -0.299 e. The molecule has 84 valence electrons. The van der Waals surface area contributed by atoms with E-state index in [0.717, 1.165) is 25.7 Å². The quantitative estimate of drug-likeness (QED) is 0.704. The van der Waals surface area contributed by atoms with Crippen molar-refractivity contribution in [3.05, 3.63) is 47.0 Å². The van der Waals surface area contributed by atoms with Gasteiger partial charge in [0.05, 0.1) is 0 Å². The van der Waals surface area contributed by atoms with E-state index in [1.807, 2.05) is 0 Å². The molecule has 0 amide bonds. The van der Waals surface area contributed by atoms with E-state index in [1.165, 1.54) is 16.7 Å². The molecule has 0 saturated carbocycles. The van der Waals surface area contributed by atoms with Gasteiger partial charge in [0, 0.05) is 12.8 Å². The Hall–Kier alpha value is -1.37. The fourth-order valence-corrected chi connectivity index (χ4v) is 2.08. The molecule has 1 aliphatic carbocycles. The van der Waals surface area contributed by atoms with E-state index in [1.54, 1.807) is 0 Å². The number of carbonyl (C=O) groups is 1. The van der Waals surface area contributed by atoms with E-state index in [4.69, 9.17) is 0 Å². The smallest absolute Gasteiger partial charge is 0.136 e. The summed E-state index contributed by atoms with van der Waals surface area (Å²) >= 11 is 0. The lowest BCUT2D eigenvalue weighted by Crippen LogP contribution is -2.05. The minimum atomic E-state index is 0.380. The molecule has 0 aromatic heterocycles. The molecule has 0 bridgehead atoms. The molecule has 1 heteroatoms. The van der Waals surface area contributed by atoms with E-state index in [2.05, 4.69) is 37.3 Å². The van der Waals surface area contributed by atoms with Crippen LogP contribution in [-0.4, -0.2) is 5.78 Å². The topological polar surface area (TPSA) is 17.1 Å². The lowest BCUT2D eigenvalue weighted by molar-refractivity contribution is -0.118. The second kappa shape index (κ2) is 5.11. The van der Waals surface area contributed by atoms with Crippen molar-refractivity contribution in [1.82, 2.24) is 0 Å². The number of hydrogen-bond donors (Lipinski definition) is 0. The molecule has 0 aliphatic heterocycles. The van der Waals surface area contributed by atoms with Crippen molar-refractivity contribution in [3.63, 3.8) is 0 Å². The minimum absolute atomic E-state index is 0.380. The highest BCUT2D eigenvalue weighted by Crippen LogP contribution is 2.19. The van der Waals surface area contributed by atoms with Gasteiger partial charge in [0.15, 0.2) is 0 Å². The summed E-state index contributed by atoms with van der Waals surface area (Å²) in [6.07, 6.45) is 6.55. The number of aryl methyl sites for hydroxylation is 1. The van der Waals surface area contributed by atoms with Gasteiger partial charge in [-0.3, -0.25) is 4.79 Å². The van der Waals surface area contributed by atoms with Gasteiger partial charge in [-0.1, -0.05) is 42.8 Å². The molecule has 0 fully saturated rings. The molecule has 16 heavy (non-hydrogen) atoms. The zero-order valence-electron chi connectivity index (χ0n) is 9.83. The van der Waals surface area contributed by atoms with Crippen LogP contribution in [0.25, 0.3) is 0 Å². The first-order valence-corrected chi connectivity index (χ1v) is 6.05. The normalized spacial score (nSPS) is 16.1. The number of allylic oxidation sites excluding steroid dienone is 2. The standard InChI is InChI=1S/C15H18O/c1-2-12-3-5-13(6-4-12)11-14-7-9-15(16)10-8-14/h3-7H,2,8-11H2,1H3. The summed E-state index contributed by atoms with van der Waals surface area (Å²) < 4.78 is 0. The Bertz CT molecular complexity index is 398. The SMILES string of the molecule is CCc1ccc(CC2=CCC(=O)CC2)cc1. The van der Waals surface area contributed by atoms with Gasteiger partial charge < -0.3 is 0 Å². The second-order valence-electron chi connectivity index (χ2n) is 4.45. The lowest BCUT2D eigenvalue weighted by Gasteiger charge is -2.12. The zero-order valence-corrected chi connectivity index (χ0v) is 9.83. The van der Waals surface area contributed by atoms with Crippen molar-refractivity contribution in [2.45, 2.75) is 39.0 Å². The summed E-state index contributed by atoms with van der Waals surface area (Å²) in [6, 6.07) is 8.81. The van der Waals surface area contributed by atoms with E-state index in [9.17, 15) is 4.79 Å². The summed E-state index contributed by atoms with van der Waals surface area (Å²) in [4.78, 5) is 11.1. The molecule has 1 aromatic rings. The van der Waals surface area contributed by atoms with Crippen molar-refractivity contribution in [2.75, 3.05) is 0 Å². The molecule has 0 radical (unpaired) electrons. The summed E-state index contributed by atoms with van der Waals surface area (Å²) in [5.74, 6) is 0.380. The van der Waals surface area contributed by atoms with E-state index < -0.39 is 0 Å².